The number of hydrogen-bond donors (Lipinski definition) is 0. The van der Waals surface area contributed by atoms with Crippen LogP contribution in [0.25, 0.3) is 0 Å². The van der Waals surface area contributed by atoms with Crippen molar-refractivity contribution in [3.63, 3.8) is 0 Å². The van der Waals surface area contributed by atoms with Gasteiger partial charge >= 0.3 is 0 Å². The molecule has 0 saturated heterocycles. The monoisotopic (exact) mass is 124 g/mol. The van der Waals surface area contributed by atoms with Gasteiger partial charge in [-0.1, -0.05) is 20.8 Å². The van der Waals surface area contributed by atoms with Crippen molar-refractivity contribution < 1.29 is 0 Å². The summed E-state index contributed by atoms with van der Waals surface area (Å²) in [5.74, 6) is 5.33. The Morgan fingerprint density at radius 1 is 0.778 bits per heavy atom. The molecule has 0 aromatic carbocycles. The van der Waals surface area contributed by atoms with Crippen LogP contribution in [0.15, 0.2) is 0 Å². The predicted molar refractivity (Wildman–Crippen MR) is 39.1 cm³/mol. The molecule has 3 fully saturated rings. The molecule has 3 aliphatic carbocycles. The molecule has 0 aliphatic heterocycles. The fourth-order valence-corrected chi connectivity index (χ4v) is 3.03. The van der Waals surface area contributed by atoms with E-state index in [-0.39, 0.29) is 0 Å². The van der Waals surface area contributed by atoms with E-state index in [1.165, 1.54) is 0 Å². The van der Waals surface area contributed by atoms with Gasteiger partial charge in [0.25, 0.3) is 0 Å². The van der Waals surface area contributed by atoms with Crippen LogP contribution in [-0.2, 0) is 0 Å². The largest absolute Gasteiger partial charge is 0.0620 e. The van der Waals surface area contributed by atoms with E-state index in [1.54, 1.807) is 6.42 Å². The summed E-state index contributed by atoms with van der Waals surface area (Å²) in [4.78, 5) is 0. The summed E-state index contributed by atoms with van der Waals surface area (Å²) >= 11 is 0. The molecule has 0 N–H and O–H groups in total. The molecule has 0 amide bonds. The zero-order valence-electron chi connectivity index (χ0n) is 6.59. The zero-order chi connectivity index (χ0) is 6.59. The van der Waals surface area contributed by atoms with Gasteiger partial charge in [0, 0.05) is 0 Å². The van der Waals surface area contributed by atoms with Crippen molar-refractivity contribution in [3.05, 3.63) is 0 Å². The minimum absolute atomic E-state index is 1.03. The normalized spacial score (nSPS) is 63.7. The third-order valence-electron chi connectivity index (χ3n) is 4.08. The highest BCUT2D eigenvalue weighted by atomic mass is 14.6. The Hall–Kier alpha value is 0. The first-order valence-corrected chi connectivity index (χ1v) is 4.22. The molecule has 0 heterocycles. The lowest BCUT2D eigenvalue weighted by Crippen LogP contribution is -2.26. The van der Waals surface area contributed by atoms with E-state index in [0.29, 0.717) is 0 Å². The zero-order valence-corrected chi connectivity index (χ0v) is 6.59. The average molecular weight is 124 g/mol. The van der Waals surface area contributed by atoms with Crippen LogP contribution >= 0.6 is 0 Å². The van der Waals surface area contributed by atoms with Gasteiger partial charge in [-0.25, -0.2) is 0 Å². The molecule has 3 saturated carbocycles. The Morgan fingerprint density at radius 3 is 1.33 bits per heavy atom. The molecule has 52 valence electrons. The smallest absolute Gasteiger partial charge is 0.0354 e. The maximum Gasteiger partial charge on any atom is -0.0354 e. The van der Waals surface area contributed by atoms with Crippen molar-refractivity contribution in [2.24, 2.45) is 29.6 Å². The highest BCUT2D eigenvalue weighted by molar-refractivity contribution is 5.01. The molecular formula is C9H16. The quantitative estimate of drug-likeness (QED) is 0.465. The summed E-state index contributed by atoms with van der Waals surface area (Å²) in [7, 11) is 0. The summed E-state index contributed by atoms with van der Waals surface area (Å²) in [6, 6.07) is 0. The highest BCUT2D eigenvalue weighted by Crippen LogP contribution is 2.59. The molecule has 2 bridgehead atoms. The van der Waals surface area contributed by atoms with Crippen LogP contribution in [0.1, 0.15) is 27.2 Å². The Labute approximate surface area is 57.6 Å². The van der Waals surface area contributed by atoms with E-state index in [1.807, 2.05) is 0 Å². The third kappa shape index (κ3) is 0.500. The maximum absolute atomic E-state index is 2.43. The first kappa shape index (κ1) is 5.76. The van der Waals surface area contributed by atoms with Crippen LogP contribution < -0.4 is 0 Å². The van der Waals surface area contributed by atoms with Gasteiger partial charge in [-0.15, -0.1) is 0 Å². The van der Waals surface area contributed by atoms with Crippen molar-refractivity contribution >= 4 is 0 Å². The van der Waals surface area contributed by atoms with Gasteiger partial charge in [0.1, 0.15) is 0 Å². The van der Waals surface area contributed by atoms with Crippen LogP contribution in [0.3, 0.4) is 0 Å². The van der Waals surface area contributed by atoms with Gasteiger partial charge in [0.15, 0.2) is 0 Å². The second-order valence-corrected chi connectivity index (χ2v) is 4.14. The van der Waals surface area contributed by atoms with E-state index in [4.69, 9.17) is 0 Å². The molecule has 4 atom stereocenters. The molecule has 9 heavy (non-hydrogen) atoms. The second-order valence-electron chi connectivity index (χ2n) is 4.14. The molecule has 3 aliphatic rings. The molecular weight excluding hydrogens is 108 g/mol. The predicted octanol–water partition coefficient (Wildman–Crippen LogP) is 2.54. The summed E-state index contributed by atoms with van der Waals surface area (Å²) in [6.07, 6.45) is 1.55. The molecule has 0 heteroatoms. The maximum atomic E-state index is 2.43. The van der Waals surface area contributed by atoms with Crippen molar-refractivity contribution in [3.8, 4) is 0 Å². The lowest BCUT2D eigenvalue weighted by molar-refractivity contribution is 0.154. The van der Waals surface area contributed by atoms with Gasteiger partial charge in [-0.3, -0.25) is 0 Å². The van der Waals surface area contributed by atoms with Crippen LogP contribution in [-0.4, -0.2) is 0 Å². The highest BCUT2D eigenvalue weighted by Gasteiger charge is 2.52. The van der Waals surface area contributed by atoms with Gasteiger partial charge in [-0.2, -0.15) is 0 Å². The first-order chi connectivity index (χ1) is 4.22. The Kier molecular flexibility index (Phi) is 0.980. The third-order valence-corrected chi connectivity index (χ3v) is 4.08. The minimum atomic E-state index is 1.03. The van der Waals surface area contributed by atoms with Crippen LogP contribution in [0.2, 0.25) is 0 Å². The number of hydrogen-bond acceptors (Lipinski definition) is 0. The Bertz CT molecular complexity index is 110. The lowest BCUT2D eigenvalue weighted by atomic mass is 9.72. The molecule has 0 radical (unpaired) electrons. The summed E-state index contributed by atoms with van der Waals surface area (Å²) in [6.45, 7) is 7.29. The molecule has 0 nitrogen and oxygen atoms in total. The minimum Gasteiger partial charge on any atom is -0.0620 e. The fraction of sp³-hybridized carbons (Fsp3) is 1.00. The fourth-order valence-electron chi connectivity index (χ4n) is 3.03. The van der Waals surface area contributed by atoms with Crippen molar-refractivity contribution in [2.75, 3.05) is 0 Å². The molecule has 0 aromatic heterocycles. The summed E-state index contributed by atoms with van der Waals surface area (Å²) in [5, 5.41) is 0. The van der Waals surface area contributed by atoms with Crippen molar-refractivity contribution in [1.29, 1.82) is 0 Å². The standard InChI is InChI=1S/C9H16/c1-5-6(2)9-4-8(5)7(9)3/h5-9H,4H2,1-3H3. The van der Waals surface area contributed by atoms with Crippen LogP contribution in [0.5, 0.6) is 0 Å². The molecule has 4 unspecified atom stereocenters. The number of fused-ring (bicyclic) bond motifs is 1. The summed E-state index contributed by atoms with van der Waals surface area (Å²) in [5.41, 5.74) is 0. The van der Waals surface area contributed by atoms with E-state index in [0.717, 1.165) is 29.6 Å². The van der Waals surface area contributed by atoms with Crippen LogP contribution in [0.4, 0.5) is 0 Å². The lowest BCUT2D eigenvalue weighted by Gasteiger charge is -2.33. The second kappa shape index (κ2) is 1.53. The molecule has 3 rings (SSSR count). The Balaban J connectivity index is 2.18. The van der Waals surface area contributed by atoms with Crippen LogP contribution in [0, 0.1) is 29.6 Å². The van der Waals surface area contributed by atoms with Gasteiger partial charge < -0.3 is 0 Å². The van der Waals surface area contributed by atoms with E-state index >= 15 is 0 Å². The van der Waals surface area contributed by atoms with Crippen molar-refractivity contribution in [2.45, 2.75) is 27.2 Å². The first-order valence-electron chi connectivity index (χ1n) is 4.22. The Morgan fingerprint density at radius 2 is 1.22 bits per heavy atom. The molecule has 0 spiro atoms. The van der Waals surface area contributed by atoms with E-state index in [9.17, 15) is 0 Å². The number of rotatable bonds is 0. The average Bonchev–Trinajstić information content (AvgIpc) is 2.18. The van der Waals surface area contributed by atoms with Gasteiger partial charge in [0.05, 0.1) is 0 Å². The molecule has 0 aromatic rings. The van der Waals surface area contributed by atoms with E-state index in [2.05, 4.69) is 20.8 Å². The van der Waals surface area contributed by atoms with E-state index < -0.39 is 0 Å². The summed E-state index contributed by atoms with van der Waals surface area (Å²) < 4.78 is 0. The van der Waals surface area contributed by atoms with Gasteiger partial charge in [-0.05, 0) is 36.0 Å². The van der Waals surface area contributed by atoms with Gasteiger partial charge in [0.2, 0.25) is 0 Å². The topological polar surface area (TPSA) is 0 Å². The van der Waals surface area contributed by atoms with Crippen molar-refractivity contribution in [1.82, 2.24) is 0 Å². The SMILES string of the molecule is CC1C(C)C2CC1C2C.